The minimum Gasteiger partial charge on any atom is -0.379 e. The molecule has 1 N–H and O–H groups in total. The van der Waals surface area contributed by atoms with Crippen molar-refractivity contribution in [2.24, 2.45) is 0 Å². The fraction of sp³-hybridized carbons (Fsp3) is 0.0625. The van der Waals surface area contributed by atoms with Crippen molar-refractivity contribution >= 4 is 17.3 Å². The summed E-state index contributed by atoms with van der Waals surface area (Å²) >= 11 is 5.89. The number of anilines is 1. The van der Waals surface area contributed by atoms with E-state index in [0.29, 0.717) is 0 Å². The predicted molar refractivity (Wildman–Crippen MR) is 82.3 cm³/mol. The Bertz CT molecular complexity index is 675. The van der Waals surface area contributed by atoms with Gasteiger partial charge in [-0.15, -0.1) is 0 Å². The van der Waals surface area contributed by atoms with E-state index in [2.05, 4.69) is 10.4 Å². The smallest absolute Gasteiger partial charge is 0.0876 e. The second-order valence-corrected chi connectivity index (χ2v) is 4.88. The second-order valence-electron chi connectivity index (χ2n) is 4.45. The molecule has 0 saturated carbocycles. The molecule has 0 atom stereocenters. The Kier molecular flexibility index (Phi) is 3.70. The molecule has 100 valence electrons. The lowest BCUT2D eigenvalue weighted by molar-refractivity contribution is 0.879. The first kappa shape index (κ1) is 12.8. The molecule has 4 heteroatoms. The molecule has 0 bridgehead atoms. The van der Waals surface area contributed by atoms with Crippen LogP contribution in [0.15, 0.2) is 67.0 Å². The zero-order valence-corrected chi connectivity index (χ0v) is 11.6. The van der Waals surface area contributed by atoms with Gasteiger partial charge >= 0.3 is 0 Å². The average molecular weight is 284 g/mol. The maximum Gasteiger partial charge on any atom is 0.0876 e. The average Bonchev–Trinajstić information content (AvgIpc) is 3.01. The molecular formula is C16H14ClN3. The van der Waals surface area contributed by atoms with Crippen LogP contribution in [-0.4, -0.2) is 9.78 Å². The highest BCUT2D eigenvalue weighted by atomic mass is 35.5. The van der Waals surface area contributed by atoms with Gasteiger partial charge in [0.2, 0.25) is 0 Å². The molecule has 0 fully saturated rings. The number of rotatable bonds is 4. The lowest BCUT2D eigenvalue weighted by atomic mass is 10.2. The number of halogens is 1. The van der Waals surface area contributed by atoms with E-state index in [0.717, 1.165) is 22.9 Å². The molecule has 1 aromatic heterocycles. The molecule has 1 heterocycles. The van der Waals surface area contributed by atoms with Gasteiger partial charge in [0.1, 0.15) is 0 Å². The van der Waals surface area contributed by atoms with E-state index in [1.807, 2.05) is 65.5 Å². The van der Waals surface area contributed by atoms with Gasteiger partial charge in [0.05, 0.1) is 11.4 Å². The van der Waals surface area contributed by atoms with E-state index in [1.165, 1.54) is 5.56 Å². The summed E-state index contributed by atoms with van der Waals surface area (Å²) < 4.78 is 1.85. The van der Waals surface area contributed by atoms with Crippen molar-refractivity contribution in [2.75, 3.05) is 5.32 Å². The maximum absolute atomic E-state index is 5.89. The van der Waals surface area contributed by atoms with E-state index in [1.54, 1.807) is 6.20 Å². The Balaban J connectivity index is 1.79. The summed E-state index contributed by atoms with van der Waals surface area (Å²) in [5.41, 5.74) is 3.27. The third kappa shape index (κ3) is 2.83. The summed E-state index contributed by atoms with van der Waals surface area (Å²) in [5, 5.41) is 8.46. The normalized spacial score (nSPS) is 10.4. The molecule has 0 aliphatic heterocycles. The van der Waals surface area contributed by atoms with Crippen molar-refractivity contribution in [3.8, 4) is 5.69 Å². The van der Waals surface area contributed by atoms with Crippen molar-refractivity contribution in [2.45, 2.75) is 6.54 Å². The van der Waals surface area contributed by atoms with Gasteiger partial charge in [0.25, 0.3) is 0 Å². The van der Waals surface area contributed by atoms with Crippen LogP contribution in [0.25, 0.3) is 5.69 Å². The van der Waals surface area contributed by atoms with E-state index < -0.39 is 0 Å². The van der Waals surface area contributed by atoms with E-state index >= 15 is 0 Å². The zero-order chi connectivity index (χ0) is 13.8. The minimum absolute atomic E-state index is 0.745. The van der Waals surface area contributed by atoms with Crippen molar-refractivity contribution in [3.63, 3.8) is 0 Å². The summed E-state index contributed by atoms with van der Waals surface area (Å²) in [4.78, 5) is 0. The predicted octanol–water partition coefficient (Wildman–Crippen LogP) is 4.14. The maximum atomic E-state index is 5.89. The quantitative estimate of drug-likeness (QED) is 0.780. The fourth-order valence-corrected chi connectivity index (χ4v) is 2.16. The van der Waals surface area contributed by atoms with Crippen LogP contribution in [0, 0.1) is 0 Å². The first-order valence-electron chi connectivity index (χ1n) is 6.40. The molecule has 20 heavy (non-hydrogen) atoms. The number of nitrogens with zero attached hydrogens (tertiary/aromatic N) is 2. The van der Waals surface area contributed by atoms with Gasteiger partial charge in [0, 0.05) is 24.0 Å². The summed E-state index contributed by atoms with van der Waals surface area (Å²) in [6.07, 6.45) is 3.71. The third-order valence-electron chi connectivity index (χ3n) is 3.05. The first-order valence-corrected chi connectivity index (χ1v) is 6.78. The molecule has 0 unspecified atom stereocenters. The number of benzene rings is 2. The molecule has 0 amide bonds. The lowest BCUT2D eigenvalue weighted by Gasteiger charge is -2.12. The van der Waals surface area contributed by atoms with Crippen LogP contribution in [0.3, 0.4) is 0 Å². The van der Waals surface area contributed by atoms with Crippen LogP contribution in [0.2, 0.25) is 5.02 Å². The van der Waals surface area contributed by atoms with Crippen LogP contribution in [0.5, 0.6) is 0 Å². The molecule has 3 nitrogen and oxygen atoms in total. The Morgan fingerprint density at radius 2 is 1.80 bits per heavy atom. The van der Waals surface area contributed by atoms with Gasteiger partial charge in [0.15, 0.2) is 0 Å². The van der Waals surface area contributed by atoms with Gasteiger partial charge in [-0.05, 0) is 35.9 Å². The van der Waals surface area contributed by atoms with Gasteiger partial charge in [-0.1, -0.05) is 35.9 Å². The molecule has 0 aliphatic rings. The summed E-state index contributed by atoms with van der Waals surface area (Å²) in [6.45, 7) is 0.745. The first-order chi connectivity index (χ1) is 9.83. The molecule has 3 rings (SSSR count). The van der Waals surface area contributed by atoms with E-state index in [4.69, 9.17) is 11.6 Å². The summed E-state index contributed by atoms with van der Waals surface area (Å²) in [7, 11) is 0. The lowest BCUT2D eigenvalue weighted by Crippen LogP contribution is -2.04. The van der Waals surface area contributed by atoms with Gasteiger partial charge in [-0.3, -0.25) is 0 Å². The Morgan fingerprint density at radius 3 is 2.55 bits per heavy atom. The Morgan fingerprint density at radius 1 is 1.00 bits per heavy atom. The fourth-order valence-electron chi connectivity index (χ4n) is 2.03. The highest BCUT2D eigenvalue weighted by Gasteiger charge is 2.03. The van der Waals surface area contributed by atoms with Crippen molar-refractivity contribution in [1.29, 1.82) is 0 Å². The third-order valence-corrected chi connectivity index (χ3v) is 3.30. The zero-order valence-electron chi connectivity index (χ0n) is 10.8. The Hall–Kier alpha value is -2.26. The molecular weight excluding hydrogens is 270 g/mol. The van der Waals surface area contributed by atoms with Crippen LogP contribution in [0.4, 0.5) is 5.69 Å². The van der Waals surface area contributed by atoms with Crippen LogP contribution >= 0.6 is 11.6 Å². The molecule has 0 aliphatic carbocycles. The Labute approximate surface area is 122 Å². The van der Waals surface area contributed by atoms with Crippen molar-refractivity contribution in [1.82, 2.24) is 9.78 Å². The molecule has 0 radical (unpaired) electrons. The number of hydrogen-bond acceptors (Lipinski definition) is 2. The van der Waals surface area contributed by atoms with Crippen molar-refractivity contribution in [3.05, 3.63) is 77.6 Å². The largest absolute Gasteiger partial charge is 0.379 e. The topological polar surface area (TPSA) is 29.9 Å². The standard InChI is InChI=1S/C16H14ClN3/c17-14-8-6-13(7-9-14)12-18-15-4-1-2-5-16(15)20-11-3-10-19-20/h1-11,18H,12H2. The van der Waals surface area contributed by atoms with Crippen molar-refractivity contribution < 1.29 is 0 Å². The number of para-hydroxylation sites is 2. The van der Waals surface area contributed by atoms with Gasteiger partial charge in [-0.2, -0.15) is 5.10 Å². The molecule has 2 aromatic carbocycles. The van der Waals surface area contributed by atoms with Crippen LogP contribution in [0.1, 0.15) is 5.56 Å². The van der Waals surface area contributed by atoms with Crippen LogP contribution in [-0.2, 0) is 6.54 Å². The van der Waals surface area contributed by atoms with Gasteiger partial charge in [-0.25, -0.2) is 4.68 Å². The van der Waals surface area contributed by atoms with E-state index in [-0.39, 0.29) is 0 Å². The number of nitrogens with one attached hydrogen (secondary N) is 1. The summed E-state index contributed by atoms with van der Waals surface area (Å²) in [5.74, 6) is 0. The molecule has 3 aromatic rings. The highest BCUT2D eigenvalue weighted by molar-refractivity contribution is 6.30. The molecule has 0 spiro atoms. The monoisotopic (exact) mass is 283 g/mol. The van der Waals surface area contributed by atoms with E-state index in [9.17, 15) is 0 Å². The van der Waals surface area contributed by atoms with Crippen LogP contribution < -0.4 is 5.32 Å². The number of hydrogen-bond donors (Lipinski definition) is 1. The number of aromatic nitrogens is 2. The highest BCUT2D eigenvalue weighted by Crippen LogP contribution is 2.20. The van der Waals surface area contributed by atoms with Gasteiger partial charge < -0.3 is 5.32 Å². The minimum atomic E-state index is 0.745. The second kappa shape index (κ2) is 5.80. The molecule has 0 saturated heterocycles. The summed E-state index contributed by atoms with van der Waals surface area (Å²) in [6, 6.07) is 17.9. The SMILES string of the molecule is Clc1ccc(CNc2ccccc2-n2cccn2)cc1.